The number of aliphatic imine (C=N–C) groups is 1. The molecule has 8 heteroatoms. The highest BCUT2D eigenvalue weighted by molar-refractivity contribution is 5.79. The predicted molar refractivity (Wildman–Crippen MR) is 128 cm³/mol. The molecule has 1 aliphatic rings. The third-order valence-corrected chi connectivity index (χ3v) is 4.26. The Morgan fingerprint density at radius 3 is 2.55 bits per heavy atom. The predicted octanol–water partition coefficient (Wildman–Crippen LogP) is 2.81. The Labute approximate surface area is 184 Å². The van der Waals surface area contributed by atoms with Crippen LogP contribution in [0.5, 0.6) is 0 Å². The van der Waals surface area contributed by atoms with Crippen LogP contribution in [0.3, 0.4) is 0 Å². The Bertz CT molecular complexity index is 879. The molecule has 0 spiro atoms. The van der Waals surface area contributed by atoms with Gasteiger partial charge in [0.15, 0.2) is 0 Å². The monoisotopic (exact) mass is 426 g/mol. The Morgan fingerprint density at radius 1 is 1.26 bits per heavy atom. The molecule has 2 atom stereocenters. The second-order valence-electron chi connectivity index (χ2n) is 6.44. The molecule has 2 unspecified atom stereocenters. The lowest BCUT2D eigenvalue weighted by molar-refractivity contribution is 0.254. The molecule has 0 aliphatic carbocycles. The number of likely N-dealkylation sites (N-methyl/N-ethyl adjacent to an activating group) is 1. The maximum absolute atomic E-state index is 11.4. The second-order valence-corrected chi connectivity index (χ2v) is 6.44. The van der Waals surface area contributed by atoms with E-state index in [9.17, 15) is 4.79 Å². The van der Waals surface area contributed by atoms with E-state index in [2.05, 4.69) is 22.1 Å². The van der Waals surface area contributed by atoms with E-state index in [0.717, 1.165) is 24.9 Å². The lowest BCUT2D eigenvalue weighted by atomic mass is 10.2. The number of benzene rings is 1. The van der Waals surface area contributed by atoms with Crippen LogP contribution in [-0.2, 0) is 6.42 Å². The number of aliphatic hydroxyl groups is 1. The molecular weight excluding hydrogens is 392 g/mol. The van der Waals surface area contributed by atoms with Gasteiger partial charge in [-0.05, 0) is 18.9 Å². The van der Waals surface area contributed by atoms with Crippen LogP contribution >= 0.6 is 0 Å². The van der Waals surface area contributed by atoms with Gasteiger partial charge in [-0.3, -0.25) is 19.5 Å². The Kier molecular flexibility index (Phi) is 12.4. The van der Waals surface area contributed by atoms with Crippen LogP contribution in [0.4, 0.5) is 0 Å². The van der Waals surface area contributed by atoms with Crippen LogP contribution in [0.2, 0.25) is 0 Å². The van der Waals surface area contributed by atoms with Crippen LogP contribution in [0, 0.1) is 5.41 Å². The van der Waals surface area contributed by atoms with Gasteiger partial charge in [0.25, 0.3) is 0 Å². The summed E-state index contributed by atoms with van der Waals surface area (Å²) < 4.78 is 1.82. The molecule has 8 nitrogen and oxygen atoms in total. The van der Waals surface area contributed by atoms with Gasteiger partial charge in [-0.1, -0.05) is 51.1 Å². The first-order valence-electron chi connectivity index (χ1n) is 10.7. The Hall–Kier alpha value is -3.13. The molecule has 1 aliphatic heterocycles. The van der Waals surface area contributed by atoms with Crippen LogP contribution in [0.15, 0.2) is 57.5 Å². The zero-order valence-electron chi connectivity index (χ0n) is 18.8. The minimum Gasteiger partial charge on any atom is -0.386 e. The zero-order valence-corrected chi connectivity index (χ0v) is 18.8. The molecule has 2 aromatic rings. The summed E-state index contributed by atoms with van der Waals surface area (Å²) in [5.74, 6) is 0. The van der Waals surface area contributed by atoms with Crippen molar-refractivity contribution in [3.63, 3.8) is 0 Å². The summed E-state index contributed by atoms with van der Waals surface area (Å²) in [6.07, 6.45) is 6.17. The van der Waals surface area contributed by atoms with Crippen molar-refractivity contribution >= 4 is 18.6 Å². The molecule has 3 rings (SSSR count). The fourth-order valence-electron chi connectivity index (χ4n) is 2.59. The average molecular weight is 427 g/mol. The summed E-state index contributed by atoms with van der Waals surface area (Å²) in [5, 5.41) is 26.3. The highest BCUT2D eigenvalue weighted by Gasteiger charge is 2.18. The Balaban J connectivity index is 0.000000293. The number of aromatic nitrogens is 2. The van der Waals surface area contributed by atoms with Gasteiger partial charge in [-0.15, -0.1) is 0 Å². The molecule has 0 saturated heterocycles. The number of hydrogen-bond donors (Lipinski definition) is 2. The third-order valence-electron chi connectivity index (χ3n) is 4.26. The maximum Gasteiger partial charge on any atom is 0.203 e. The fraction of sp³-hybridized carbons (Fsp3) is 0.435. The molecule has 0 saturated carbocycles. The van der Waals surface area contributed by atoms with Gasteiger partial charge in [0.2, 0.25) is 5.43 Å². The van der Waals surface area contributed by atoms with E-state index in [1.54, 1.807) is 18.5 Å². The molecule has 31 heavy (non-hydrogen) atoms. The number of hydrogen-bond acceptors (Lipinski definition) is 7. The highest BCUT2D eigenvalue weighted by atomic mass is 16.3. The van der Waals surface area contributed by atoms with Crippen molar-refractivity contribution < 1.29 is 5.11 Å². The van der Waals surface area contributed by atoms with Crippen LogP contribution in [0.1, 0.15) is 45.0 Å². The molecule has 0 bridgehead atoms. The van der Waals surface area contributed by atoms with Gasteiger partial charge < -0.3 is 10.5 Å². The van der Waals surface area contributed by atoms with Crippen molar-refractivity contribution in [3.8, 4) is 0 Å². The molecule has 1 aromatic carbocycles. The molecule has 2 N–H and O–H groups in total. The third kappa shape index (κ3) is 9.04. The Morgan fingerprint density at radius 2 is 1.97 bits per heavy atom. The molecule has 2 heterocycles. The summed E-state index contributed by atoms with van der Waals surface area (Å²) in [6.45, 7) is 9.98. The standard InChI is InChI=1S/C11H16N4O.C10H12N2O.C2H6/c1-3-10-11(16)5-6-15(13-10)9-7-12-14(4-2)8-9;11-6-10(13)8-12-7-9-4-2-1-3-5-9;1-2/h5-7,9H,3-4,8H2,1-2H3;1-7,10-11,13H,8H2;1-2H3. The average Bonchev–Trinajstić information content (AvgIpc) is 3.31. The number of aryl methyl sites for hydroxylation is 1. The van der Waals surface area contributed by atoms with E-state index >= 15 is 0 Å². The van der Waals surface area contributed by atoms with Crippen molar-refractivity contribution in [2.45, 2.75) is 46.3 Å². The van der Waals surface area contributed by atoms with Gasteiger partial charge in [-0.25, -0.2) is 0 Å². The first-order valence-corrected chi connectivity index (χ1v) is 10.7. The van der Waals surface area contributed by atoms with E-state index in [1.165, 1.54) is 0 Å². The number of nitrogens with one attached hydrogen (secondary N) is 1. The molecule has 1 aromatic heterocycles. The van der Waals surface area contributed by atoms with E-state index in [1.807, 2.05) is 67.0 Å². The SMILES string of the molecule is CC.CCc1nn(C2C=NN(CC)C2)ccc1=O.N=CC(O)CN=Cc1ccccc1. The summed E-state index contributed by atoms with van der Waals surface area (Å²) in [6, 6.07) is 11.4. The van der Waals surface area contributed by atoms with Crippen molar-refractivity contribution in [2.75, 3.05) is 19.6 Å². The van der Waals surface area contributed by atoms with Gasteiger partial charge in [0, 0.05) is 31.2 Å². The first kappa shape index (κ1) is 25.9. The van der Waals surface area contributed by atoms with Crippen molar-refractivity contribution in [2.24, 2.45) is 10.1 Å². The first-order chi connectivity index (χ1) is 15.1. The quantitative estimate of drug-likeness (QED) is 0.664. The van der Waals surface area contributed by atoms with E-state index in [-0.39, 0.29) is 18.0 Å². The highest BCUT2D eigenvalue weighted by Crippen LogP contribution is 2.11. The molecular formula is C23H34N6O2. The molecule has 0 fully saturated rings. The summed E-state index contributed by atoms with van der Waals surface area (Å²) in [7, 11) is 0. The van der Waals surface area contributed by atoms with E-state index in [4.69, 9.17) is 10.5 Å². The van der Waals surface area contributed by atoms with Gasteiger partial charge in [0.1, 0.15) is 17.8 Å². The van der Waals surface area contributed by atoms with E-state index < -0.39 is 6.10 Å². The van der Waals surface area contributed by atoms with E-state index in [0.29, 0.717) is 12.1 Å². The smallest absolute Gasteiger partial charge is 0.203 e. The zero-order chi connectivity index (χ0) is 23.1. The molecule has 0 amide bonds. The van der Waals surface area contributed by atoms with Gasteiger partial charge >= 0.3 is 0 Å². The lowest BCUT2D eigenvalue weighted by Crippen LogP contribution is -2.24. The number of rotatable bonds is 7. The maximum atomic E-state index is 11.4. The minimum absolute atomic E-state index is 0.0148. The second kappa shape index (κ2) is 14.8. The number of nitrogens with zero attached hydrogens (tertiary/aromatic N) is 5. The summed E-state index contributed by atoms with van der Waals surface area (Å²) in [5.41, 5.74) is 1.63. The number of aliphatic hydroxyl groups excluding tert-OH is 1. The molecule has 168 valence electrons. The minimum atomic E-state index is -0.764. The van der Waals surface area contributed by atoms with Crippen molar-refractivity contribution in [1.29, 1.82) is 5.41 Å². The normalized spacial score (nSPS) is 15.6. The van der Waals surface area contributed by atoms with Crippen LogP contribution in [-0.4, -0.2) is 64.3 Å². The van der Waals surface area contributed by atoms with Crippen molar-refractivity contribution in [1.82, 2.24) is 14.8 Å². The summed E-state index contributed by atoms with van der Waals surface area (Å²) in [4.78, 5) is 15.4. The molecule has 0 radical (unpaired) electrons. The number of hydrazone groups is 1. The topological polar surface area (TPSA) is 107 Å². The van der Waals surface area contributed by atoms with Crippen LogP contribution in [0.25, 0.3) is 0 Å². The van der Waals surface area contributed by atoms with Gasteiger partial charge in [-0.2, -0.15) is 10.2 Å². The van der Waals surface area contributed by atoms with Crippen LogP contribution < -0.4 is 5.43 Å². The van der Waals surface area contributed by atoms with Gasteiger partial charge in [0.05, 0.1) is 19.3 Å². The fourth-order valence-corrected chi connectivity index (χ4v) is 2.59. The van der Waals surface area contributed by atoms with Crippen molar-refractivity contribution in [3.05, 3.63) is 64.1 Å². The lowest BCUT2D eigenvalue weighted by Gasteiger charge is -2.15. The summed E-state index contributed by atoms with van der Waals surface area (Å²) >= 11 is 0. The largest absolute Gasteiger partial charge is 0.386 e.